The number of pyridine rings is 1. The standard InChI is InChI=1S/C19H27N3O4.C2HF3O2/c1-14(23)22-11-15(12-25-2)19(13-22)6-9-21(10-7-19)18(24)16-5-4-8-20-17(16)26-3;3-2(4,5)1(6)7/h4-5,8,15H,6-7,9-13H2,1-3H3;(H,6,7). The molecule has 0 bridgehead atoms. The highest BCUT2D eigenvalue weighted by atomic mass is 19.4. The lowest BCUT2D eigenvalue weighted by molar-refractivity contribution is -0.192. The third-order valence-electron chi connectivity index (χ3n) is 6.11. The van der Waals surface area contributed by atoms with Gasteiger partial charge in [0.05, 0.1) is 13.7 Å². The van der Waals surface area contributed by atoms with Crippen molar-refractivity contribution >= 4 is 17.8 Å². The molecule has 2 aliphatic rings. The van der Waals surface area contributed by atoms with E-state index in [1.54, 1.807) is 32.4 Å². The zero-order chi connectivity index (χ0) is 24.8. The number of hydrogen-bond acceptors (Lipinski definition) is 6. The molecule has 1 spiro atoms. The summed E-state index contributed by atoms with van der Waals surface area (Å²) in [6, 6.07) is 3.50. The summed E-state index contributed by atoms with van der Waals surface area (Å²) in [5.41, 5.74) is 0.536. The number of piperidine rings is 1. The van der Waals surface area contributed by atoms with Gasteiger partial charge in [0.15, 0.2) is 0 Å². The average Bonchev–Trinajstić information content (AvgIpc) is 3.12. The first-order valence-corrected chi connectivity index (χ1v) is 10.3. The molecule has 0 aliphatic carbocycles. The zero-order valence-corrected chi connectivity index (χ0v) is 18.7. The van der Waals surface area contributed by atoms with Crippen LogP contribution in [0.25, 0.3) is 0 Å². The van der Waals surface area contributed by atoms with Crippen molar-refractivity contribution in [2.45, 2.75) is 25.9 Å². The van der Waals surface area contributed by atoms with E-state index in [0.29, 0.717) is 37.1 Å². The van der Waals surface area contributed by atoms with Crippen molar-refractivity contribution in [3.63, 3.8) is 0 Å². The Kier molecular flexibility index (Phi) is 8.64. The van der Waals surface area contributed by atoms with Crippen molar-refractivity contribution in [3.8, 4) is 5.88 Å². The highest BCUT2D eigenvalue weighted by molar-refractivity contribution is 5.96. The van der Waals surface area contributed by atoms with Crippen molar-refractivity contribution in [1.29, 1.82) is 0 Å². The second kappa shape index (κ2) is 10.8. The number of ether oxygens (including phenoxy) is 2. The number of carboxylic acids is 1. The molecule has 1 unspecified atom stereocenters. The molecule has 0 aromatic carbocycles. The lowest BCUT2D eigenvalue weighted by atomic mass is 9.71. The van der Waals surface area contributed by atoms with E-state index in [1.165, 1.54) is 7.11 Å². The summed E-state index contributed by atoms with van der Waals surface area (Å²) in [4.78, 5) is 41.5. The first-order chi connectivity index (χ1) is 15.4. The number of alkyl halides is 3. The van der Waals surface area contributed by atoms with Gasteiger partial charge in [-0.1, -0.05) is 0 Å². The molecular weight excluding hydrogens is 447 g/mol. The smallest absolute Gasteiger partial charge is 0.480 e. The van der Waals surface area contributed by atoms with Crippen LogP contribution >= 0.6 is 0 Å². The predicted octanol–water partition coefficient (Wildman–Crippen LogP) is 2.07. The maximum Gasteiger partial charge on any atom is 0.490 e. The number of nitrogens with zero attached hydrogens (tertiary/aromatic N) is 3. The average molecular weight is 475 g/mol. The summed E-state index contributed by atoms with van der Waals surface area (Å²) in [7, 11) is 3.23. The Bertz CT molecular complexity index is 856. The number of halogens is 3. The number of carboxylic acid groups (broad SMARTS) is 1. The molecule has 2 aliphatic heterocycles. The van der Waals surface area contributed by atoms with Crippen molar-refractivity contribution in [3.05, 3.63) is 23.9 Å². The molecule has 2 amide bonds. The number of amides is 2. The molecule has 33 heavy (non-hydrogen) atoms. The van der Waals surface area contributed by atoms with Crippen LogP contribution in [0.3, 0.4) is 0 Å². The van der Waals surface area contributed by atoms with Gasteiger partial charge in [0.2, 0.25) is 11.8 Å². The van der Waals surface area contributed by atoms with Gasteiger partial charge < -0.3 is 24.4 Å². The minimum Gasteiger partial charge on any atom is -0.480 e. The third kappa shape index (κ3) is 6.34. The van der Waals surface area contributed by atoms with E-state index in [-0.39, 0.29) is 17.2 Å². The van der Waals surface area contributed by atoms with Crippen LogP contribution in [-0.2, 0) is 14.3 Å². The van der Waals surface area contributed by atoms with E-state index in [9.17, 15) is 22.8 Å². The Morgan fingerprint density at radius 2 is 1.82 bits per heavy atom. The number of methoxy groups -OCH3 is 2. The van der Waals surface area contributed by atoms with Crippen LogP contribution in [0, 0.1) is 11.3 Å². The Labute approximate surface area is 189 Å². The quantitative estimate of drug-likeness (QED) is 0.710. The summed E-state index contributed by atoms with van der Waals surface area (Å²) in [5.74, 6) is -2.01. The largest absolute Gasteiger partial charge is 0.490 e. The van der Waals surface area contributed by atoms with Crippen LogP contribution in [0.2, 0.25) is 0 Å². The van der Waals surface area contributed by atoms with E-state index in [2.05, 4.69) is 4.98 Å². The minimum absolute atomic E-state index is 0.0392. The summed E-state index contributed by atoms with van der Waals surface area (Å²) in [6.07, 6.45) is -1.72. The first kappa shape index (κ1) is 26.4. The predicted molar refractivity (Wildman–Crippen MR) is 110 cm³/mol. The molecule has 1 aromatic heterocycles. The molecule has 12 heteroatoms. The third-order valence-corrected chi connectivity index (χ3v) is 6.11. The molecule has 1 atom stereocenters. The van der Waals surface area contributed by atoms with Gasteiger partial charge in [0.25, 0.3) is 5.91 Å². The Balaban J connectivity index is 0.000000479. The van der Waals surface area contributed by atoms with Crippen LogP contribution in [0.15, 0.2) is 18.3 Å². The van der Waals surface area contributed by atoms with Gasteiger partial charge in [0, 0.05) is 52.3 Å². The summed E-state index contributed by atoms with van der Waals surface area (Å²) in [5, 5.41) is 7.12. The van der Waals surface area contributed by atoms with Crippen molar-refractivity contribution in [2.75, 3.05) is 47.0 Å². The van der Waals surface area contributed by atoms with E-state index >= 15 is 0 Å². The lowest BCUT2D eigenvalue weighted by Crippen LogP contribution is -2.47. The molecule has 1 N–H and O–H groups in total. The Morgan fingerprint density at radius 3 is 2.30 bits per heavy atom. The monoisotopic (exact) mass is 475 g/mol. The van der Waals surface area contributed by atoms with Gasteiger partial charge in [0.1, 0.15) is 5.56 Å². The van der Waals surface area contributed by atoms with Crippen molar-refractivity contribution < 1.29 is 42.1 Å². The molecular formula is C21H28F3N3O6. The molecule has 2 fully saturated rings. The maximum absolute atomic E-state index is 12.9. The van der Waals surface area contributed by atoms with Crippen molar-refractivity contribution in [1.82, 2.24) is 14.8 Å². The fraction of sp³-hybridized carbons (Fsp3) is 0.619. The van der Waals surface area contributed by atoms with Gasteiger partial charge in [-0.25, -0.2) is 9.78 Å². The SMILES string of the molecule is COCC1CN(C(C)=O)CC12CCN(C(=O)c1cccnc1OC)CC2.O=C(O)C(F)(F)F. The number of likely N-dealkylation sites (tertiary alicyclic amines) is 2. The maximum atomic E-state index is 12.9. The Morgan fingerprint density at radius 1 is 1.21 bits per heavy atom. The fourth-order valence-electron chi connectivity index (χ4n) is 4.31. The molecule has 0 radical (unpaired) electrons. The highest BCUT2D eigenvalue weighted by Crippen LogP contribution is 2.45. The van der Waals surface area contributed by atoms with Gasteiger partial charge in [-0.3, -0.25) is 9.59 Å². The second-order valence-corrected chi connectivity index (χ2v) is 8.07. The number of carbonyl (C=O) groups excluding carboxylic acids is 2. The zero-order valence-electron chi connectivity index (χ0n) is 18.7. The number of rotatable bonds is 4. The summed E-state index contributed by atoms with van der Waals surface area (Å²) in [6.45, 7) is 5.11. The second-order valence-electron chi connectivity index (χ2n) is 8.07. The highest BCUT2D eigenvalue weighted by Gasteiger charge is 2.49. The van der Waals surface area contributed by atoms with Crippen LogP contribution in [0.5, 0.6) is 5.88 Å². The molecule has 3 rings (SSSR count). The molecule has 1 aromatic rings. The summed E-state index contributed by atoms with van der Waals surface area (Å²) >= 11 is 0. The van der Waals surface area contributed by atoms with Crippen LogP contribution in [-0.4, -0.2) is 90.9 Å². The number of aromatic nitrogens is 1. The van der Waals surface area contributed by atoms with Crippen molar-refractivity contribution in [2.24, 2.45) is 11.3 Å². The molecule has 2 saturated heterocycles. The number of carbonyl (C=O) groups is 3. The summed E-state index contributed by atoms with van der Waals surface area (Å²) < 4.78 is 42.4. The van der Waals surface area contributed by atoms with E-state index in [1.807, 2.05) is 9.80 Å². The fourth-order valence-corrected chi connectivity index (χ4v) is 4.31. The normalized spacial score (nSPS) is 19.6. The van der Waals surface area contributed by atoms with E-state index in [0.717, 1.165) is 25.9 Å². The molecule has 0 saturated carbocycles. The van der Waals surface area contributed by atoms with Crippen LogP contribution < -0.4 is 4.74 Å². The molecule has 184 valence electrons. The van der Waals surface area contributed by atoms with E-state index < -0.39 is 12.1 Å². The van der Waals surface area contributed by atoms with Gasteiger partial charge in [-0.2, -0.15) is 13.2 Å². The first-order valence-electron chi connectivity index (χ1n) is 10.3. The van der Waals surface area contributed by atoms with Gasteiger partial charge in [-0.05, 0) is 30.4 Å². The van der Waals surface area contributed by atoms with E-state index in [4.69, 9.17) is 19.4 Å². The van der Waals surface area contributed by atoms with Crippen LogP contribution in [0.4, 0.5) is 13.2 Å². The topological polar surface area (TPSA) is 109 Å². The molecule has 9 nitrogen and oxygen atoms in total. The Hall–Kier alpha value is -2.89. The van der Waals surface area contributed by atoms with Crippen LogP contribution in [0.1, 0.15) is 30.1 Å². The van der Waals surface area contributed by atoms with Gasteiger partial charge in [-0.15, -0.1) is 0 Å². The number of aliphatic carboxylic acids is 1. The molecule has 3 heterocycles. The number of hydrogen-bond donors (Lipinski definition) is 1. The van der Waals surface area contributed by atoms with Gasteiger partial charge >= 0.3 is 12.1 Å². The lowest BCUT2D eigenvalue weighted by Gasteiger charge is -2.42. The minimum atomic E-state index is -5.08.